The van der Waals surface area contributed by atoms with Gasteiger partial charge in [0.15, 0.2) is 0 Å². The van der Waals surface area contributed by atoms with Gasteiger partial charge >= 0.3 is 0 Å². The third-order valence-corrected chi connectivity index (χ3v) is 11.6. The zero-order valence-electron chi connectivity index (χ0n) is 31.9. The lowest BCUT2D eigenvalue weighted by atomic mass is 9.33. The van der Waals surface area contributed by atoms with E-state index in [1.165, 1.54) is 44.5 Å². The zero-order valence-corrected chi connectivity index (χ0v) is 31.9. The van der Waals surface area contributed by atoms with Gasteiger partial charge in [-0.3, -0.25) is 0 Å². The van der Waals surface area contributed by atoms with Crippen LogP contribution in [0, 0.1) is 0 Å². The molecule has 0 bridgehead atoms. The Kier molecular flexibility index (Phi) is 8.26. The van der Waals surface area contributed by atoms with Crippen molar-refractivity contribution in [3.63, 3.8) is 0 Å². The van der Waals surface area contributed by atoms with E-state index in [9.17, 15) is 0 Å². The Labute approximate surface area is 340 Å². The van der Waals surface area contributed by atoms with Gasteiger partial charge in [0.25, 0.3) is 6.71 Å². The molecule has 2 heterocycles. The van der Waals surface area contributed by atoms with Gasteiger partial charge in [-0.1, -0.05) is 170 Å². The second-order valence-electron chi connectivity index (χ2n) is 14.9. The largest absolute Gasteiger partial charge is 0.311 e. The first-order chi connectivity index (χ1) is 28.8. The van der Waals surface area contributed by atoms with Gasteiger partial charge in [0.05, 0.1) is 17.1 Å². The van der Waals surface area contributed by atoms with Gasteiger partial charge in [-0.15, -0.1) is 0 Å². The molecule has 0 saturated carbocycles. The number of anilines is 9. The number of fused-ring (bicyclic) bond motifs is 4. The summed E-state index contributed by atoms with van der Waals surface area (Å²) in [4.78, 5) is 7.45. The summed E-state index contributed by atoms with van der Waals surface area (Å²) < 4.78 is 0. The van der Waals surface area contributed by atoms with Gasteiger partial charge in [0.1, 0.15) is 0 Å². The van der Waals surface area contributed by atoms with Gasteiger partial charge in [-0.25, -0.2) is 0 Å². The number of benzene rings is 9. The first-order valence-electron chi connectivity index (χ1n) is 20.0. The van der Waals surface area contributed by atoms with Crippen LogP contribution in [0.5, 0.6) is 0 Å². The summed E-state index contributed by atoms with van der Waals surface area (Å²) >= 11 is 0. The fourth-order valence-electron chi connectivity index (χ4n) is 9.19. The minimum Gasteiger partial charge on any atom is -0.311 e. The fraction of sp³-hybridized carbons (Fsp3) is 0. The highest BCUT2D eigenvalue weighted by Crippen LogP contribution is 2.50. The summed E-state index contributed by atoms with van der Waals surface area (Å²) in [5, 5.41) is 0. The number of para-hydroxylation sites is 6. The first-order valence-corrected chi connectivity index (χ1v) is 20.0. The van der Waals surface area contributed by atoms with Crippen LogP contribution < -0.4 is 31.1 Å². The van der Waals surface area contributed by atoms with Gasteiger partial charge in [-0.2, -0.15) is 0 Å². The molecule has 0 spiro atoms. The van der Waals surface area contributed by atoms with Crippen LogP contribution in [0.1, 0.15) is 0 Å². The van der Waals surface area contributed by atoms with E-state index >= 15 is 0 Å². The number of hydrogen-bond donors (Lipinski definition) is 0. The molecule has 11 rings (SSSR count). The first kappa shape index (κ1) is 33.8. The molecule has 0 radical (unpaired) electrons. The van der Waals surface area contributed by atoms with Crippen molar-refractivity contribution in [1.82, 2.24) is 0 Å². The summed E-state index contributed by atoms with van der Waals surface area (Å²) in [5.41, 5.74) is 18.8. The lowest BCUT2D eigenvalue weighted by Crippen LogP contribution is -2.61. The Morgan fingerprint density at radius 3 is 1.41 bits per heavy atom. The summed E-state index contributed by atoms with van der Waals surface area (Å²) in [6.07, 6.45) is 0. The molecule has 3 nitrogen and oxygen atoms in total. The van der Waals surface area contributed by atoms with Gasteiger partial charge < -0.3 is 14.7 Å². The molecule has 0 atom stereocenters. The topological polar surface area (TPSA) is 9.72 Å². The van der Waals surface area contributed by atoms with Crippen molar-refractivity contribution >= 4 is 74.3 Å². The average molecular weight is 740 g/mol. The maximum atomic E-state index is 2.53. The van der Waals surface area contributed by atoms with Crippen molar-refractivity contribution in [2.75, 3.05) is 14.7 Å². The van der Waals surface area contributed by atoms with Crippen molar-refractivity contribution in [3.05, 3.63) is 231 Å². The lowest BCUT2D eigenvalue weighted by Gasteiger charge is -2.45. The van der Waals surface area contributed by atoms with Crippen molar-refractivity contribution in [2.24, 2.45) is 0 Å². The van der Waals surface area contributed by atoms with Crippen LogP contribution in [0.4, 0.5) is 51.2 Å². The van der Waals surface area contributed by atoms with E-state index in [1.54, 1.807) is 0 Å². The molecule has 0 N–H and O–H groups in total. The average Bonchev–Trinajstić information content (AvgIpc) is 3.30. The predicted octanol–water partition coefficient (Wildman–Crippen LogP) is 12.6. The second-order valence-corrected chi connectivity index (χ2v) is 14.9. The number of hydrogen-bond acceptors (Lipinski definition) is 3. The Morgan fingerprint density at radius 2 is 0.776 bits per heavy atom. The van der Waals surface area contributed by atoms with Crippen LogP contribution in [0.15, 0.2) is 231 Å². The van der Waals surface area contributed by atoms with E-state index < -0.39 is 0 Å². The van der Waals surface area contributed by atoms with Crippen molar-refractivity contribution in [2.45, 2.75) is 0 Å². The molecule has 0 saturated heterocycles. The highest BCUT2D eigenvalue weighted by atomic mass is 15.2. The molecule has 0 amide bonds. The van der Waals surface area contributed by atoms with Gasteiger partial charge in [-0.05, 0) is 88.2 Å². The molecule has 0 unspecified atom stereocenters. The normalized spacial score (nSPS) is 12.4. The van der Waals surface area contributed by atoms with Crippen LogP contribution in [0.25, 0.3) is 22.3 Å². The minimum absolute atomic E-state index is 0.0216. The summed E-state index contributed by atoms with van der Waals surface area (Å²) in [7, 11) is 0. The smallest absolute Gasteiger partial charge is 0.252 e. The van der Waals surface area contributed by atoms with Crippen LogP contribution in [-0.2, 0) is 0 Å². The Bertz CT molecular complexity index is 2920. The third-order valence-electron chi connectivity index (χ3n) is 11.6. The zero-order chi connectivity index (χ0) is 38.4. The minimum atomic E-state index is 0.0216. The molecule has 58 heavy (non-hydrogen) atoms. The summed E-state index contributed by atoms with van der Waals surface area (Å²) in [6.45, 7) is 0.0216. The highest BCUT2D eigenvalue weighted by molar-refractivity contribution is 7.00. The van der Waals surface area contributed by atoms with E-state index in [1.807, 2.05) is 0 Å². The van der Waals surface area contributed by atoms with Crippen LogP contribution in [0.2, 0.25) is 0 Å². The molecule has 9 aromatic rings. The third kappa shape index (κ3) is 5.53. The van der Waals surface area contributed by atoms with Crippen molar-refractivity contribution in [3.8, 4) is 22.3 Å². The Balaban J connectivity index is 1.27. The molecule has 272 valence electrons. The fourth-order valence-corrected chi connectivity index (χ4v) is 9.19. The summed E-state index contributed by atoms with van der Waals surface area (Å²) in [6, 6.07) is 83.7. The van der Waals surface area contributed by atoms with Crippen molar-refractivity contribution < 1.29 is 0 Å². The molecule has 2 aliphatic rings. The standard InChI is InChI=1S/C54H38BN3/c1-5-21-39(22-6-1)44-29-13-17-33-48(44)56(41-25-9-3-10-26-41)43-37-52-54-53(38-43)58(49-34-18-14-30-45(49)40-23-7-2-8-24-40)51-36-20-16-32-47(51)55(54)46-31-15-19-35-50(46)57(52)42-27-11-4-12-28-42/h1-38H. The molecule has 2 aliphatic heterocycles. The molecular formula is C54H38BN3. The predicted molar refractivity (Wildman–Crippen MR) is 246 cm³/mol. The van der Waals surface area contributed by atoms with E-state index in [0.717, 1.165) is 45.4 Å². The SMILES string of the molecule is c1ccc(-c2ccccc2N(c2ccccc2)c2cc3c4c(c2)N(c2ccccc2-c2ccccc2)c2ccccc2B4c2ccccc2N3c2ccccc2)cc1. The van der Waals surface area contributed by atoms with Crippen LogP contribution in [-0.4, -0.2) is 6.71 Å². The number of rotatable bonds is 7. The molecule has 9 aromatic carbocycles. The summed E-state index contributed by atoms with van der Waals surface area (Å²) in [5.74, 6) is 0. The molecule has 0 fully saturated rings. The maximum Gasteiger partial charge on any atom is 0.252 e. The lowest BCUT2D eigenvalue weighted by molar-refractivity contribution is 1.23. The van der Waals surface area contributed by atoms with E-state index in [2.05, 4.69) is 245 Å². The van der Waals surface area contributed by atoms with E-state index in [-0.39, 0.29) is 6.71 Å². The molecule has 0 aliphatic carbocycles. The highest BCUT2D eigenvalue weighted by Gasteiger charge is 2.44. The van der Waals surface area contributed by atoms with Gasteiger partial charge in [0.2, 0.25) is 0 Å². The number of nitrogens with zero attached hydrogens (tertiary/aromatic N) is 3. The molecule has 4 heteroatoms. The van der Waals surface area contributed by atoms with E-state index in [0.29, 0.717) is 0 Å². The Hall–Kier alpha value is -7.56. The van der Waals surface area contributed by atoms with Crippen LogP contribution in [0.3, 0.4) is 0 Å². The van der Waals surface area contributed by atoms with Crippen LogP contribution >= 0.6 is 0 Å². The maximum absolute atomic E-state index is 2.53. The second kappa shape index (κ2) is 14.2. The Morgan fingerprint density at radius 1 is 0.328 bits per heavy atom. The quantitative estimate of drug-likeness (QED) is 0.151. The molecular weight excluding hydrogens is 701 g/mol. The van der Waals surface area contributed by atoms with E-state index in [4.69, 9.17) is 0 Å². The van der Waals surface area contributed by atoms with Crippen molar-refractivity contribution in [1.29, 1.82) is 0 Å². The molecule has 0 aromatic heterocycles. The van der Waals surface area contributed by atoms with Gasteiger partial charge in [0, 0.05) is 45.3 Å². The monoisotopic (exact) mass is 739 g/mol.